The highest BCUT2D eigenvalue weighted by Crippen LogP contribution is 2.31. The van der Waals surface area contributed by atoms with Crippen LogP contribution in [-0.4, -0.2) is 57.0 Å². The van der Waals surface area contributed by atoms with Crippen molar-refractivity contribution in [2.45, 2.75) is 4.90 Å². The smallest absolute Gasteiger partial charge is 0.257 e. The minimum Gasteiger partial charge on any atom is -0.495 e. The second-order valence-electron chi connectivity index (χ2n) is 6.47. The van der Waals surface area contributed by atoms with Gasteiger partial charge >= 0.3 is 0 Å². The van der Waals surface area contributed by atoms with Crippen LogP contribution in [0.15, 0.2) is 41.3 Å². The standard InChI is InChI=1S/C19H18ClN3O5S2/c1-27-15-5-2-12(10-17(15)30(25,26)23-6-8-28-9-7-23)18(24)22-19-21-14-4-3-13(20)11-16(14)29-19/h2-5,10-11H,6-9H2,1H3,(H,21,22,24). The summed E-state index contributed by atoms with van der Waals surface area (Å²) in [5.74, 6) is -0.297. The molecule has 1 amide bonds. The first-order valence-electron chi connectivity index (χ1n) is 9.02. The Balaban J connectivity index is 1.63. The summed E-state index contributed by atoms with van der Waals surface area (Å²) in [4.78, 5) is 17.1. The van der Waals surface area contributed by atoms with Crippen molar-refractivity contribution in [1.29, 1.82) is 0 Å². The van der Waals surface area contributed by atoms with Gasteiger partial charge in [-0.05, 0) is 36.4 Å². The van der Waals surface area contributed by atoms with Crippen molar-refractivity contribution in [3.05, 3.63) is 47.0 Å². The van der Waals surface area contributed by atoms with E-state index >= 15 is 0 Å². The van der Waals surface area contributed by atoms with Crippen molar-refractivity contribution >= 4 is 54.2 Å². The van der Waals surface area contributed by atoms with Gasteiger partial charge in [0.25, 0.3) is 5.91 Å². The molecule has 2 heterocycles. The quantitative estimate of drug-likeness (QED) is 0.618. The molecule has 0 saturated carbocycles. The molecule has 0 atom stereocenters. The van der Waals surface area contributed by atoms with Crippen LogP contribution in [-0.2, 0) is 14.8 Å². The number of fused-ring (bicyclic) bond motifs is 1. The number of sulfonamides is 1. The number of nitrogens with one attached hydrogen (secondary N) is 1. The predicted molar refractivity (Wildman–Crippen MR) is 115 cm³/mol. The first-order chi connectivity index (χ1) is 14.4. The number of rotatable bonds is 5. The normalized spacial score (nSPS) is 15.3. The van der Waals surface area contributed by atoms with E-state index in [9.17, 15) is 13.2 Å². The van der Waals surface area contributed by atoms with Crippen molar-refractivity contribution < 1.29 is 22.7 Å². The number of hydrogen-bond acceptors (Lipinski definition) is 7. The average molecular weight is 468 g/mol. The van der Waals surface area contributed by atoms with Gasteiger partial charge < -0.3 is 9.47 Å². The van der Waals surface area contributed by atoms with Crippen molar-refractivity contribution in [3.63, 3.8) is 0 Å². The Morgan fingerprint density at radius 3 is 2.73 bits per heavy atom. The van der Waals surface area contributed by atoms with Crippen molar-refractivity contribution in [2.75, 3.05) is 38.7 Å². The third-order valence-electron chi connectivity index (χ3n) is 4.58. The van der Waals surface area contributed by atoms with Gasteiger partial charge in [0.1, 0.15) is 10.6 Å². The fourth-order valence-electron chi connectivity index (χ4n) is 3.07. The first-order valence-corrected chi connectivity index (χ1v) is 11.7. The summed E-state index contributed by atoms with van der Waals surface area (Å²) in [5.41, 5.74) is 0.893. The number of carbonyl (C=O) groups is 1. The second kappa shape index (κ2) is 8.48. The van der Waals surface area contributed by atoms with E-state index in [1.807, 2.05) is 0 Å². The Kier molecular flexibility index (Phi) is 5.94. The number of thiazole rings is 1. The van der Waals surface area contributed by atoms with Crippen molar-refractivity contribution in [2.24, 2.45) is 0 Å². The lowest BCUT2D eigenvalue weighted by Crippen LogP contribution is -2.40. The summed E-state index contributed by atoms with van der Waals surface area (Å²) in [5, 5.41) is 3.69. The van der Waals surface area contributed by atoms with Gasteiger partial charge in [-0.25, -0.2) is 13.4 Å². The molecule has 0 radical (unpaired) electrons. The lowest BCUT2D eigenvalue weighted by molar-refractivity contribution is 0.0729. The fraction of sp³-hybridized carbons (Fsp3) is 0.263. The van der Waals surface area contributed by atoms with Gasteiger partial charge in [-0.3, -0.25) is 10.1 Å². The van der Waals surface area contributed by atoms with E-state index in [1.165, 1.54) is 41.0 Å². The lowest BCUT2D eigenvalue weighted by Gasteiger charge is -2.26. The van der Waals surface area contributed by atoms with Crippen LogP contribution in [0.25, 0.3) is 10.2 Å². The summed E-state index contributed by atoms with van der Waals surface area (Å²) in [6.45, 7) is 1.14. The molecular formula is C19H18ClN3O5S2. The van der Waals surface area contributed by atoms with Crippen LogP contribution in [0.3, 0.4) is 0 Å². The third-order valence-corrected chi connectivity index (χ3v) is 7.67. The summed E-state index contributed by atoms with van der Waals surface area (Å²) in [6, 6.07) is 9.57. The monoisotopic (exact) mass is 467 g/mol. The molecule has 8 nitrogen and oxygen atoms in total. The Labute approximate surface area is 182 Å². The van der Waals surface area contributed by atoms with E-state index < -0.39 is 15.9 Å². The Morgan fingerprint density at radius 2 is 2.00 bits per heavy atom. The second-order valence-corrected chi connectivity index (χ2v) is 9.84. The number of halogens is 1. The van der Waals surface area contributed by atoms with Gasteiger partial charge in [0.2, 0.25) is 10.0 Å². The zero-order valence-electron chi connectivity index (χ0n) is 15.9. The molecule has 1 N–H and O–H groups in total. The molecular weight excluding hydrogens is 450 g/mol. The molecule has 30 heavy (non-hydrogen) atoms. The van der Waals surface area contributed by atoms with E-state index in [0.717, 1.165) is 4.70 Å². The van der Waals surface area contributed by atoms with E-state index in [0.29, 0.717) is 28.9 Å². The van der Waals surface area contributed by atoms with Crippen LogP contribution in [0, 0.1) is 0 Å². The molecule has 0 bridgehead atoms. The number of aromatic nitrogens is 1. The number of ether oxygens (including phenoxy) is 2. The van der Waals surface area contributed by atoms with Crippen molar-refractivity contribution in [1.82, 2.24) is 9.29 Å². The maximum atomic E-state index is 13.1. The molecule has 2 aromatic carbocycles. The van der Waals surface area contributed by atoms with Gasteiger partial charge in [0, 0.05) is 23.7 Å². The summed E-state index contributed by atoms with van der Waals surface area (Å²) < 4.78 is 38.8. The van der Waals surface area contributed by atoms with Gasteiger partial charge in [0.15, 0.2) is 5.13 Å². The average Bonchev–Trinajstić information content (AvgIpc) is 3.15. The van der Waals surface area contributed by atoms with Gasteiger partial charge in [-0.1, -0.05) is 22.9 Å². The lowest BCUT2D eigenvalue weighted by atomic mass is 10.2. The molecule has 1 aliphatic heterocycles. The fourth-order valence-corrected chi connectivity index (χ4v) is 5.79. The van der Waals surface area contributed by atoms with Crippen LogP contribution >= 0.6 is 22.9 Å². The summed E-state index contributed by atoms with van der Waals surface area (Å²) in [6.07, 6.45) is 0. The number of amides is 1. The molecule has 1 aliphatic rings. The zero-order chi connectivity index (χ0) is 21.3. The highest BCUT2D eigenvalue weighted by molar-refractivity contribution is 7.89. The molecule has 4 rings (SSSR count). The van der Waals surface area contributed by atoms with Gasteiger partial charge in [0.05, 0.1) is 30.5 Å². The number of nitrogens with zero attached hydrogens (tertiary/aromatic N) is 2. The molecule has 0 spiro atoms. The topological polar surface area (TPSA) is 97.8 Å². The van der Waals surface area contributed by atoms with Crippen LogP contribution in [0.1, 0.15) is 10.4 Å². The molecule has 1 saturated heterocycles. The number of hydrogen-bond donors (Lipinski definition) is 1. The Hall–Kier alpha value is -2.24. The van der Waals surface area contributed by atoms with Crippen LogP contribution in [0.5, 0.6) is 5.75 Å². The minimum atomic E-state index is -3.84. The van der Waals surface area contributed by atoms with E-state index in [1.54, 1.807) is 18.2 Å². The van der Waals surface area contributed by atoms with Crippen molar-refractivity contribution in [3.8, 4) is 5.75 Å². The minimum absolute atomic E-state index is 0.0596. The zero-order valence-corrected chi connectivity index (χ0v) is 18.3. The molecule has 158 valence electrons. The molecule has 3 aromatic rings. The maximum absolute atomic E-state index is 13.1. The van der Waals surface area contributed by atoms with Gasteiger partial charge in [-0.15, -0.1) is 0 Å². The predicted octanol–water partition coefficient (Wildman–Crippen LogP) is 3.23. The van der Waals surface area contributed by atoms with E-state index in [4.69, 9.17) is 21.1 Å². The summed E-state index contributed by atoms with van der Waals surface area (Å²) >= 11 is 7.28. The SMILES string of the molecule is COc1ccc(C(=O)Nc2nc3ccc(Cl)cc3s2)cc1S(=O)(=O)N1CCOCC1. The molecule has 0 unspecified atom stereocenters. The number of anilines is 1. The van der Waals surface area contributed by atoms with Crippen LogP contribution in [0.2, 0.25) is 5.02 Å². The largest absolute Gasteiger partial charge is 0.495 e. The van der Waals surface area contributed by atoms with Crippen LogP contribution in [0.4, 0.5) is 5.13 Å². The number of morpholine rings is 1. The highest BCUT2D eigenvalue weighted by atomic mass is 35.5. The first kappa shape index (κ1) is 21.0. The number of carbonyl (C=O) groups excluding carboxylic acids is 1. The van der Waals surface area contributed by atoms with Gasteiger partial charge in [-0.2, -0.15) is 4.31 Å². The molecule has 0 aliphatic carbocycles. The summed E-state index contributed by atoms with van der Waals surface area (Å²) in [7, 11) is -2.45. The Bertz CT molecular complexity index is 1210. The van der Waals surface area contributed by atoms with Crippen LogP contribution < -0.4 is 10.1 Å². The number of methoxy groups -OCH3 is 1. The van der Waals surface area contributed by atoms with E-state index in [-0.39, 0.29) is 29.3 Å². The Morgan fingerprint density at radius 1 is 1.23 bits per heavy atom. The highest BCUT2D eigenvalue weighted by Gasteiger charge is 2.30. The molecule has 1 aromatic heterocycles. The third kappa shape index (κ3) is 4.14. The van der Waals surface area contributed by atoms with E-state index in [2.05, 4.69) is 10.3 Å². The number of benzene rings is 2. The maximum Gasteiger partial charge on any atom is 0.257 e. The molecule has 1 fully saturated rings. The molecule has 11 heteroatoms.